The normalized spacial score (nSPS) is 40.0. The molecule has 4 rings (SSSR count). The third-order valence-electron chi connectivity index (χ3n) is 7.34. The van der Waals surface area contributed by atoms with Crippen LogP contribution in [0, 0.1) is 41.9 Å². The van der Waals surface area contributed by atoms with Crippen molar-refractivity contribution in [1.29, 1.82) is 0 Å². The quantitative estimate of drug-likeness (QED) is 0.441. The molecule has 3 heteroatoms. The first kappa shape index (κ1) is 19.1. The van der Waals surface area contributed by atoms with Crippen molar-refractivity contribution in [2.45, 2.75) is 83.5 Å². The van der Waals surface area contributed by atoms with Crippen LogP contribution in [-0.2, 0) is 17.0 Å². The van der Waals surface area contributed by atoms with Crippen LogP contribution in [0.5, 0.6) is 0 Å². The molecule has 0 aromatic carbocycles. The zero-order chi connectivity index (χ0) is 16.1. The summed E-state index contributed by atoms with van der Waals surface area (Å²) in [5.74, 6) is 7.36. The van der Waals surface area contributed by atoms with Gasteiger partial charge in [0.15, 0.2) is 0 Å². The van der Waals surface area contributed by atoms with Crippen LogP contribution in [0.2, 0.25) is 0 Å². The Morgan fingerprint density at radius 1 is 0.913 bits per heavy atom. The summed E-state index contributed by atoms with van der Waals surface area (Å²) >= 11 is -0.556. The van der Waals surface area contributed by atoms with Crippen molar-refractivity contribution in [2.24, 2.45) is 29.6 Å². The average Bonchev–Trinajstić information content (AvgIpc) is 3.18. The van der Waals surface area contributed by atoms with Crippen molar-refractivity contribution in [3.05, 3.63) is 12.3 Å². The molecule has 0 saturated heterocycles. The Bertz CT molecular complexity index is 317. The molecule has 0 heterocycles. The SMILES string of the molecule is [CH]1C[C](CCC2CCC3CCCCC32)C2CCCCC12.[Cl][Ti][Cl]. The molecule has 0 nitrogen and oxygen atoms in total. The molecule has 23 heavy (non-hydrogen) atoms. The van der Waals surface area contributed by atoms with Gasteiger partial charge in [0.1, 0.15) is 0 Å². The molecule has 0 spiro atoms. The third-order valence-corrected chi connectivity index (χ3v) is 7.34. The molecular formula is C20H32Cl2Ti. The van der Waals surface area contributed by atoms with E-state index in [0.717, 1.165) is 29.6 Å². The standard InChI is InChI=1S/C20H32.2ClH.Ti/c1-3-7-19-15(5-1)9-11-17(19)13-14-18-12-10-16-6-2-4-8-20(16)18;;;/h9,15-16,18-20H,1-8,10-14H2;2*1H;/q;;;+2/p-2. The molecular weight excluding hydrogens is 359 g/mol. The van der Waals surface area contributed by atoms with Gasteiger partial charge in [-0.1, -0.05) is 32.1 Å². The van der Waals surface area contributed by atoms with Crippen LogP contribution in [0.15, 0.2) is 0 Å². The van der Waals surface area contributed by atoms with Gasteiger partial charge in [0, 0.05) is 0 Å². The molecule has 5 unspecified atom stereocenters. The van der Waals surface area contributed by atoms with E-state index in [2.05, 4.69) is 6.42 Å². The van der Waals surface area contributed by atoms with E-state index in [4.69, 9.17) is 18.6 Å². The molecule has 4 saturated carbocycles. The fourth-order valence-electron chi connectivity index (χ4n) is 6.28. The minimum atomic E-state index is -0.556. The summed E-state index contributed by atoms with van der Waals surface area (Å²) in [6, 6.07) is 0. The molecule has 0 amide bonds. The summed E-state index contributed by atoms with van der Waals surface area (Å²) < 4.78 is 0. The van der Waals surface area contributed by atoms with Gasteiger partial charge < -0.3 is 0 Å². The number of fused-ring (bicyclic) bond motifs is 2. The first-order valence-electron chi connectivity index (χ1n) is 9.97. The summed E-state index contributed by atoms with van der Waals surface area (Å²) in [5.41, 5.74) is 0. The van der Waals surface area contributed by atoms with Gasteiger partial charge in [-0.3, -0.25) is 0 Å². The number of hydrogen-bond acceptors (Lipinski definition) is 0. The van der Waals surface area contributed by atoms with Gasteiger partial charge in [-0.25, -0.2) is 0 Å². The molecule has 0 bridgehead atoms. The van der Waals surface area contributed by atoms with Crippen LogP contribution in [0.3, 0.4) is 0 Å². The summed E-state index contributed by atoms with van der Waals surface area (Å²) in [7, 11) is 9.78. The van der Waals surface area contributed by atoms with E-state index < -0.39 is 17.0 Å². The number of hydrogen-bond donors (Lipinski definition) is 0. The first-order chi connectivity index (χ1) is 11.3. The van der Waals surface area contributed by atoms with Crippen molar-refractivity contribution in [1.82, 2.24) is 0 Å². The Balaban J connectivity index is 0.000000485. The van der Waals surface area contributed by atoms with E-state index in [9.17, 15) is 0 Å². The molecule has 0 aromatic heterocycles. The van der Waals surface area contributed by atoms with Gasteiger partial charge in [-0.05, 0) is 93.3 Å². The second-order valence-electron chi connectivity index (χ2n) is 8.31. The fourth-order valence-corrected chi connectivity index (χ4v) is 6.28. The summed E-state index contributed by atoms with van der Waals surface area (Å²) in [4.78, 5) is 0. The van der Waals surface area contributed by atoms with E-state index in [1.54, 1.807) is 32.1 Å². The zero-order valence-electron chi connectivity index (χ0n) is 14.4. The summed E-state index contributed by atoms with van der Waals surface area (Å²) in [6.07, 6.45) is 22.5. The van der Waals surface area contributed by atoms with E-state index >= 15 is 0 Å². The van der Waals surface area contributed by atoms with Gasteiger partial charge in [-0.2, -0.15) is 0 Å². The molecule has 0 aromatic rings. The van der Waals surface area contributed by atoms with Crippen LogP contribution in [0.25, 0.3) is 0 Å². The Kier molecular flexibility index (Phi) is 8.16. The minimum absolute atomic E-state index is 0.556. The molecule has 4 fully saturated rings. The van der Waals surface area contributed by atoms with Gasteiger partial charge in [0.05, 0.1) is 0 Å². The Morgan fingerprint density at radius 3 is 2.52 bits per heavy atom. The van der Waals surface area contributed by atoms with E-state index in [1.807, 2.05) is 5.92 Å². The molecule has 5 atom stereocenters. The van der Waals surface area contributed by atoms with Crippen LogP contribution >= 0.6 is 18.6 Å². The zero-order valence-corrected chi connectivity index (χ0v) is 17.5. The molecule has 2 radical (unpaired) electrons. The third kappa shape index (κ3) is 4.93. The van der Waals surface area contributed by atoms with Gasteiger partial charge in [0.25, 0.3) is 0 Å². The maximum absolute atomic E-state index is 4.89. The number of rotatable bonds is 3. The van der Waals surface area contributed by atoms with Crippen molar-refractivity contribution < 1.29 is 17.0 Å². The monoisotopic (exact) mass is 390 g/mol. The van der Waals surface area contributed by atoms with Crippen molar-refractivity contribution >= 4 is 18.6 Å². The maximum atomic E-state index is 4.89. The number of halogens is 2. The topological polar surface area (TPSA) is 0 Å². The molecule has 0 N–H and O–H groups in total. The molecule has 130 valence electrons. The van der Waals surface area contributed by atoms with Gasteiger partial charge in [0.2, 0.25) is 0 Å². The van der Waals surface area contributed by atoms with Crippen molar-refractivity contribution in [3.8, 4) is 0 Å². The van der Waals surface area contributed by atoms with E-state index in [1.165, 1.54) is 51.4 Å². The second-order valence-corrected chi connectivity index (χ2v) is 10.9. The van der Waals surface area contributed by atoms with Crippen LogP contribution in [0.4, 0.5) is 0 Å². The van der Waals surface area contributed by atoms with E-state index in [0.29, 0.717) is 0 Å². The van der Waals surface area contributed by atoms with Crippen molar-refractivity contribution in [2.75, 3.05) is 0 Å². The van der Waals surface area contributed by atoms with Crippen LogP contribution < -0.4 is 0 Å². The molecule has 0 aliphatic heterocycles. The van der Waals surface area contributed by atoms with Crippen molar-refractivity contribution in [3.63, 3.8) is 0 Å². The van der Waals surface area contributed by atoms with Gasteiger partial charge in [-0.15, -0.1) is 0 Å². The fraction of sp³-hybridized carbons (Fsp3) is 0.900. The predicted octanol–water partition coefficient (Wildman–Crippen LogP) is 7.35. The Labute approximate surface area is 160 Å². The predicted molar refractivity (Wildman–Crippen MR) is 96.7 cm³/mol. The molecule has 4 aliphatic carbocycles. The van der Waals surface area contributed by atoms with Crippen LogP contribution in [-0.4, -0.2) is 0 Å². The molecule has 4 aliphatic rings. The van der Waals surface area contributed by atoms with Crippen LogP contribution in [0.1, 0.15) is 83.5 Å². The second kappa shape index (κ2) is 9.84. The Morgan fingerprint density at radius 2 is 1.65 bits per heavy atom. The summed E-state index contributed by atoms with van der Waals surface area (Å²) in [6.45, 7) is 0. The average molecular weight is 391 g/mol. The van der Waals surface area contributed by atoms with E-state index in [-0.39, 0.29) is 0 Å². The first-order valence-corrected chi connectivity index (χ1v) is 14.3. The summed E-state index contributed by atoms with van der Waals surface area (Å²) in [5, 5.41) is 0. The Hall–Kier alpha value is 1.29. The van der Waals surface area contributed by atoms with Gasteiger partial charge >= 0.3 is 35.6 Å².